The lowest BCUT2D eigenvalue weighted by molar-refractivity contribution is 0.112. The van der Waals surface area contributed by atoms with Crippen LogP contribution in [0.3, 0.4) is 0 Å². The highest BCUT2D eigenvalue weighted by molar-refractivity contribution is 5.94. The molecular formula is C11H8O4. The number of carbonyl (C=O) groups excluding carboxylic acids is 1. The second-order valence-electron chi connectivity index (χ2n) is 3.68. The van der Waals surface area contributed by atoms with Gasteiger partial charge in [0.15, 0.2) is 17.5 Å². The summed E-state index contributed by atoms with van der Waals surface area (Å²) < 4.78 is 9.72. The van der Waals surface area contributed by atoms with Gasteiger partial charge in [0.2, 0.25) is 0 Å². The Morgan fingerprint density at radius 2 is 2.13 bits per heavy atom. The molecule has 0 bridgehead atoms. The van der Waals surface area contributed by atoms with Crippen LogP contribution in [0.15, 0.2) is 19.7 Å². The zero-order valence-corrected chi connectivity index (χ0v) is 7.91. The van der Waals surface area contributed by atoms with E-state index >= 15 is 0 Å². The fourth-order valence-electron chi connectivity index (χ4n) is 2.23. The molecule has 2 aromatic rings. The Morgan fingerprint density at radius 1 is 1.27 bits per heavy atom. The van der Waals surface area contributed by atoms with Crippen molar-refractivity contribution in [2.24, 2.45) is 0 Å². The standard InChI is InChI=1S/C11H8O4/c12-5-8-7-3-1-2-6(7)4-9-10(8)15-11(13)14-9/h4-5H,1-3H2. The summed E-state index contributed by atoms with van der Waals surface area (Å²) in [5, 5.41) is 0. The van der Waals surface area contributed by atoms with E-state index in [1.807, 2.05) is 0 Å². The van der Waals surface area contributed by atoms with Gasteiger partial charge < -0.3 is 8.83 Å². The van der Waals surface area contributed by atoms with E-state index in [4.69, 9.17) is 8.83 Å². The molecule has 0 amide bonds. The topological polar surface area (TPSA) is 60.4 Å². The smallest absolute Gasteiger partial charge is 0.391 e. The monoisotopic (exact) mass is 204 g/mol. The molecular weight excluding hydrogens is 196 g/mol. The Hall–Kier alpha value is -1.84. The third-order valence-corrected chi connectivity index (χ3v) is 2.86. The molecule has 0 atom stereocenters. The highest BCUT2D eigenvalue weighted by atomic mass is 16.6. The maximum Gasteiger partial charge on any atom is 0.519 e. The van der Waals surface area contributed by atoms with Crippen molar-refractivity contribution >= 4 is 17.5 Å². The summed E-state index contributed by atoms with van der Waals surface area (Å²) in [7, 11) is 0. The summed E-state index contributed by atoms with van der Waals surface area (Å²) in [4.78, 5) is 21.9. The van der Waals surface area contributed by atoms with Gasteiger partial charge in [-0.1, -0.05) is 0 Å². The van der Waals surface area contributed by atoms with Crippen molar-refractivity contribution in [1.82, 2.24) is 0 Å². The van der Waals surface area contributed by atoms with Gasteiger partial charge in [0.05, 0.1) is 5.56 Å². The SMILES string of the molecule is O=Cc1c2c(cc3oc(=O)oc13)CCC2. The third kappa shape index (κ3) is 1.08. The molecule has 4 heteroatoms. The number of fused-ring (bicyclic) bond motifs is 2. The molecule has 1 heterocycles. The Labute approximate surface area is 84.5 Å². The predicted molar refractivity (Wildman–Crippen MR) is 52.2 cm³/mol. The Morgan fingerprint density at radius 3 is 2.93 bits per heavy atom. The van der Waals surface area contributed by atoms with E-state index in [2.05, 4.69) is 0 Å². The van der Waals surface area contributed by atoms with Crippen LogP contribution in [0, 0.1) is 0 Å². The van der Waals surface area contributed by atoms with Crippen LogP contribution < -0.4 is 5.82 Å². The molecule has 15 heavy (non-hydrogen) atoms. The largest absolute Gasteiger partial charge is 0.519 e. The summed E-state index contributed by atoms with van der Waals surface area (Å²) in [5.74, 6) is -0.753. The normalized spacial score (nSPS) is 14.4. The molecule has 0 aliphatic heterocycles. The van der Waals surface area contributed by atoms with Gasteiger partial charge in [-0.2, -0.15) is 0 Å². The van der Waals surface area contributed by atoms with Crippen LogP contribution in [0.2, 0.25) is 0 Å². The number of aryl methyl sites for hydroxylation is 1. The highest BCUT2D eigenvalue weighted by Gasteiger charge is 2.21. The molecule has 1 aliphatic rings. The quantitative estimate of drug-likeness (QED) is 0.663. The molecule has 3 rings (SSSR count). The summed E-state index contributed by atoms with van der Waals surface area (Å²) >= 11 is 0. The lowest BCUT2D eigenvalue weighted by atomic mass is 10.0. The predicted octanol–water partition coefficient (Wildman–Crippen LogP) is 1.69. The van der Waals surface area contributed by atoms with Gasteiger partial charge in [0.1, 0.15) is 0 Å². The average Bonchev–Trinajstić information content (AvgIpc) is 2.78. The summed E-state index contributed by atoms with van der Waals surface area (Å²) in [5.41, 5.74) is 3.24. The van der Waals surface area contributed by atoms with Gasteiger partial charge in [-0.15, -0.1) is 0 Å². The molecule has 1 aliphatic carbocycles. The third-order valence-electron chi connectivity index (χ3n) is 2.86. The van der Waals surface area contributed by atoms with Crippen LogP contribution in [0.25, 0.3) is 11.2 Å². The van der Waals surface area contributed by atoms with Crippen molar-refractivity contribution in [2.45, 2.75) is 19.3 Å². The molecule has 0 spiro atoms. The zero-order valence-electron chi connectivity index (χ0n) is 7.91. The van der Waals surface area contributed by atoms with Crippen LogP contribution in [-0.4, -0.2) is 6.29 Å². The number of hydrogen-bond donors (Lipinski definition) is 0. The molecule has 0 saturated heterocycles. The van der Waals surface area contributed by atoms with Crippen LogP contribution in [0.5, 0.6) is 0 Å². The first kappa shape index (κ1) is 8.47. The molecule has 0 saturated carbocycles. The van der Waals surface area contributed by atoms with Gasteiger partial charge in [-0.25, -0.2) is 4.79 Å². The van der Waals surface area contributed by atoms with Crippen LogP contribution in [0.4, 0.5) is 0 Å². The lowest BCUT2D eigenvalue weighted by Crippen LogP contribution is -1.92. The van der Waals surface area contributed by atoms with E-state index in [-0.39, 0.29) is 5.58 Å². The zero-order chi connectivity index (χ0) is 10.4. The molecule has 76 valence electrons. The van der Waals surface area contributed by atoms with E-state index in [0.29, 0.717) is 11.1 Å². The summed E-state index contributed by atoms with van der Waals surface area (Å²) in [6, 6.07) is 1.80. The Kier molecular flexibility index (Phi) is 1.59. The average molecular weight is 204 g/mol. The molecule has 1 aromatic carbocycles. The molecule has 1 aromatic heterocycles. The first-order valence-corrected chi connectivity index (χ1v) is 4.83. The van der Waals surface area contributed by atoms with E-state index in [0.717, 1.165) is 36.7 Å². The number of carbonyl (C=O) groups is 1. The van der Waals surface area contributed by atoms with Gasteiger partial charge in [-0.3, -0.25) is 4.79 Å². The lowest BCUT2D eigenvalue weighted by Gasteiger charge is -2.01. The molecule has 0 radical (unpaired) electrons. The van der Waals surface area contributed by atoms with Gasteiger partial charge in [0.25, 0.3) is 0 Å². The van der Waals surface area contributed by atoms with Crippen LogP contribution in [-0.2, 0) is 12.8 Å². The molecule has 0 N–H and O–H groups in total. The van der Waals surface area contributed by atoms with E-state index < -0.39 is 5.82 Å². The maximum absolute atomic E-state index is 11.0. The number of aldehydes is 1. The maximum atomic E-state index is 11.0. The van der Waals surface area contributed by atoms with Crippen molar-refractivity contribution in [2.75, 3.05) is 0 Å². The first-order chi connectivity index (χ1) is 7.29. The highest BCUT2D eigenvalue weighted by Crippen LogP contribution is 2.30. The van der Waals surface area contributed by atoms with Crippen molar-refractivity contribution < 1.29 is 13.6 Å². The van der Waals surface area contributed by atoms with Crippen molar-refractivity contribution in [3.8, 4) is 0 Å². The van der Waals surface area contributed by atoms with Crippen molar-refractivity contribution in [3.63, 3.8) is 0 Å². The van der Waals surface area contributed by atoms with Crippen LogP contribution in [0.1, 0.15) is 27.9 Å². The van der Waals surface area contributed by atoms with E-state index in [9.17, 15) is 9.59 Å². The number of benzene rings is 1. The molecule has 4 nitrogen and oxygen atoms in total. The van der Waals surface area contributed by atoms with Crippen molar-refractivity contribution in [1.29, 1.82) is 0 Å². The fourth-order valence-corrected chi connectivity index (χ4v) is 2.23. The second kappa shape index (κ2) is 2.82. The van der Waals surface area contributed by atoms with Gasteiger partial charge >= 0.3 is 5.82 Å². The van der Waals surface area contributed by atoms with Crippen molar-refractivity contribution in [3.05, 3.63) is 33.4 Å². The van der Waals surface area contributed by atoms with E-state index in [1.165, 1.54) is 0 Å². The summed E-state index contributed by atoms with van der Waals surface area (Å²) in [6.07, 6.45) is 3.58. The van der Waals surface area contributed by atoms with Gasteiger partial charge in [0, 0.05) is 0 Å². The Balaban J connectivity index is 2.49. The number of rotatable bonds is 1. The second-order valence-corrected chi connectivity index (χ2v) is 3.68. The Bertz CT molecular complexity index is 603. The minimum Gasteiger partial charge on any atom is -0.391 e. The van der Waals surface area contributed by atoms with Crippen LogP contribution >= 0.6 is 0 Å². The summed E-state index contributed by atoms with van der Waals surface area (Å²) in [6.45, 7) is 0. The van der Waals surface area contributed by atoms with Gasteiger partial charge in [-0.05, 0) is 36.5 Å². The fraction of sp³-hybridized carbons (Fsp3) is 0.273. The van der Waals surface area contributed by atoms with E-state index in [1.54, 1.807) is 6.07 Å². The molecule has 0 fully saturated rings. The first-order valence-electron chi connectivity index (χ1n) is 4.83. The number of hydrogen-bond acceptors (Lipinski definition) is 4. The minimum atomic E-state index is -0.753. The molecule has 0 unspecified atom stereocenters. The minimum absolute atomic E-state index is 0.288.